The predicted octanol–water partition coefficient (Wildman–Crippen LogP) is 4.00. The van der Waals surface area contributed by atoms with E-state index in [1.807, 2.05) is 19.1 Å². The average molecular weight is 399 g/mol. The maximum Gasteiger partial charge on any atom is 0.416 e. The van der Waals surface area contributed by atoms with Gasteiger partial charge < -0.3 is 14.5 Å². The lowest BCUT2D eigenvalue weighted by Crippen LogP contribution is -2.41. The summed E-state index contributed by atoms with van der Waals surface area (Å²) < 4.78 is 49.7. The van der Waals surface area contributed by atoms with Crippen molar-refractivity contribution in [1.29, 1.82) is 0 Å². The van der Waals surface area contributed by atoms with Gasteiger partial charge in [-0.15, -0.1) is 0 Å². The Morgan fingerprint density at radius 1 is 1.25 bits per heavy atom. The van der Waals surface area contributed by atoms with E-state index in [0.29, 0.717) is 38.1 Å². The first kappa shape index (κ1) is 20.2. The average Bonchev–Trinajstić information content (AvgIpc) is 3.08. The number of nitro benzene ring substituents is 1. The Bertz CT molecular complexity index is 832. The molecule has 2 heterocycles. The van der Waals surface area contributed by atoms with Gasteiger partial charge in [0.1, 0.15) is 17.2 Å². The normalized spacial score (nSPS) is 16.7. The number of alkyl halides is 3. The molecule has 2 aromatic rings. The summed E-state index contributed by atoms with van der Waals surface area (Å²) >= 11 is 0. The van der Waals surface area contributed by atoms with Crippen molar-refractivity contribution in [3.8, 4) is 0 Å². The van der Waals surface area contributed by atoms with Gasteiger partial charge >= 0.3 is 6.18 Å². The molecule has 0 radical (unpaired) electrons. The minimum absolute atomic E-state index is 0.0273. The van der Waals surface area contributed by atoms with Crippen LogP contribution in [-0.2, 0) is 10.9 Å². The lowest BCUT2D eigenvalue weighted by molar-refractivity contribution is -0.384. The minimum atomic E-state index is -4.65. The van der Waals surface area contributed by atoms with E-state index in [0.717, 1.165) is 17.9 Å². The van der Waals surface area contributed by atoms with Crippen LogP contribution in [0.25, 0.3) is 0 Å². The topological polar surface area (TPSA) is 80.8 Å². The van der Waals surface area contributed by atoms with E-state index in [1.54, 1.807) is 0 Å². The predicted molar refractivity (Wildman–Crippen MR) is 95.2 cm³/mol. The first-order chi connectivity index (χ1) is 13.3. The van der Waals surface area contributed by atoms with Gasteiger partial charge in [0.05, 0.1) is 29.7 Å². The number of hydrogen-bond donors (Lipinski definition) is 1. The molecule has 1 saturated heterocycles. The highest BCUT2D eigenvalue weighted by Crippen LogP contribution is 2.35. The van der Waals surface area contributed by atoms with Crippen molar-refractivity contribution in [3.05, 3.63) is 57.5 Å². The third kappa shape index (κ3) is 4.63. The fourth-order valence-electron chi connectivity index (χ4n) is 3.15. The molecule has 0 amide bonds. The van der Waals surface area contributed by atoms with Gasteiger partial charge in [-0.25, -0.2) is 0 Å². The molecular weight excluding hydrogens is 379 g/mol. The van der Waals surface area contributed by atoms with Crippen LogP contribution in [0.5, 0.6) is 0 Å². The number of ether oxygens (including phenoxy) is 1. The molecular formula is C18H20F3N3O4. The highest BCUT2D eigenvalue weighted by Gasteiger charge is 2.33. The molecule has 1 aliphatic heterocycles. The van der Waals surface area contributed by atoms with Crippen LogP contribution in [0.15, 0.2) is 34.7 Å². The van der Waals surface area contributed by atoms with E-state index in [1.165, 1.54) is 0 Å². The number of aryl methyl sites for hydroxylation is 1. The molecule has 3 rings (SSSR count). The summed E-state index contributed by atoms with van der Waals surface area (Å²) in [6.45, 7) is 4.46. The zero-order valence-electron chi connectivity index (χ0n) is 15.2. The van der Waals surface area contributed by atoms with Crippen LogP contribution < -0.4 is 5.32 Å². The molecule has 10 heteroatoms. The Morgan fingerprint density at radius 3 is 2.54 bits per heavy atom. The van der Waals surface area contributed by atoms with Crippen LogP contribution in [-0.4, -0.2) is 42.7 Å². The Balaban J connectivity index is 1.83. The molecule has 152 valence electrons. The van der Waals surface area contributed by atoms with Crippen molar-refractivity contribution >= 4 is 11.4 Å². The van der Waals surface area contributed by atoms with E-state index in [2.05, 4.69) is 10.2 Å². The molecule has 7 nitrogen and oxygen atoms in total. The number of nitrogens with one attached hydrogen (secondary N) is 1. The van der Waals surface area contributed by atoms with E-state index in [4.69, 9.17) is 9.15 Å². The SMILES string of the molecule is Cc1ccc([C@H](CNc2ccc(C(F)(F)F)cc2[N+](=O)[O-])N2CCOCC2)o1. The first-order valence-corrected chi connectivity index (χ1v) is 8.73. The number of anilines is 1. The first-order valence-electron chi connectivity index (χ1n) is 8.73. The molecule has 0 saturated carbocycles. The van der Waals surface area contributed by atoms with Crippen LogP contribution in [0.3, 0.4) is 0 Å². The molecule has 1 fully saturated rings. The van der Waals surface area contributed by atoms with Crippen LogP contribution in [0, 0.1) is 17.0 Å². The van der Waals surface area contributed by atoms with Gasteiger partial charge in [-0.1, -0.05) is 0 Å². The summed E-state index contributed by atoms with van der Waals surface area (Å²) in [5.74, 6) is 1.41. The molecule has 1 aromatic heterocycles. The van der Waals surface area contributed by atoms with Crippen molar-refractivity contribution in [2.24, 2.45) is 0 Å². The minimum Gasteiger partial charge on any atom is -0.465 e. The summed E-state index contributed by atoms with van der Waals surface area (Å²) in [4.78, 5) is 12.6. The van der Waals surface area contributed by atoms with E-state index < -0.39 is 22.4 Å². The standard InChI is InChI=1S/C18H20F3N3O4/c1-12-2-5-17(28-12)16(23-6-8-27-9-7-23)11-22-14-4-3-13(18(19,20)21)10-15(14)24(25)26/h2-5,10,16,22H,6-9,11H2,1H3/t16-/m0/s1. The number of nitro groups is 1. The van der Waals surface area contributed by atoms with Gasteiger partial charge in [-0.05, 0) is 31.2 Å². The molecule has 1 N–H and O–H groups in total. The molecule has 1 atom stereocenters. The van der Waals surface area contributed by atoms with Gasteiger partial charge in [0.2, 0.25) is 0 Å². The molecule has 28 heavy (non-hydrogen) atoms. The number of morpholine rings is 1. The molecule has 1 aromatic carbocycles. The van der Waals surface area contributed by atoms with Gasteiger partial charge in [-0.2, -0.15) is 13.2 Å². The fraction of sp³-hybridized carbons (Fsp3) is 0.444. The van der Waals surface area contributed by atoms with Crippen molar-refractivity contribution in [3.63, 3.8) is 0 Å². The lowest BCUT2D eigenvalue weighted by Gasteiger charge is -2.33. The zero-order chi connectivity index (χ0) is 20.3. The van der Waals surface area contributed by atoms with Crippen molar-refractivity contribution < 1.29 is 27.2 Å². The quantitative estimate of drug-likeness (QED) is 0.584. The van der Waals surface area contributed by atoms with E-state index >= 15 is 0 Å². The van der Waals surface area contributed by atoms with Crippen LogP contribution in [0.4, 0.5) is 24.5 Å². The Kier molecular flexibility index (Phi) is 5.90. The smallest absolute Gasteiger partial charge is 0.416 e. The Hall–Kier alpha value is -2.59. The molecule has 0 bridgehead atoms. The van der Waals surface area contributed by atoms with Gasteiger partial charge in [0.15, 0.2) is 0 Å². The summed E-state index contributed by atoms with van der Waals surface area (Å²) in [6.07, 6.45) is -4.65. The maximum atomic E-state index is 12.9. The van der Waals surface area contributed by atoms with Crippen molar-refractivity contribution in [2.75, 3.05) is 38.2 Å². The van der Waals surface area contributed by atoms with Crippen molar-refractivity contribution in [1.82, 2.24) is 4.90 Å². The zero-order valence-corrected chi connectivity index (χ0v) is 15.2. The number of hydrogen-bond acceptors (Lipinski definition) is 6. The lowest BCUT2D eigenvalue weighted by atomic mass is 10.1. The summed E-state index contributed by atoms with van der Waals surface area (Å²) in [7, 11) is 0. The second kappa shape index (κ2) is 8.19. The molecule has 0 spiro atoms. The summed E-state index contributed by atoms with van der Waals surface area (Å²) in [5, 5.41) is 14.2. The van der Waals surface area contributed by atoms with Gasteiger partial charge in [0, 0.05) is 25.7 Å². The maximum absolute atomic E-state index is 12.9. The molecule has 1 aliphatic rings. The largest absolute Gasteiger partial charge is 0.465 e. The number of nitrogens with zero attached hydrogens (tertiary/aromatic N) is 2. The van der Waals surface area contributed by atoms with E-state index in [-0.39, 0.29) is 18.3 Å². The van der Waals surface area contributed by atoms with Gasteiger partial charge in [-0.3, -0.25) is 15.0 Å². The molecule has 0 aliphatic carbocycles. The Labute approximate surface area is 159 Å². The highest BCUT2D eigenvalue weighted by atomic mass is 19.4. The van der Waals surface area contributed by atoms with Crippen LogP contribution in [0.2, 0.25) is 0 Å². The van der Waals surface area contributed by atoms with E-state index in [9.17, 15) is 23.3 Å². The summed E-state index contributed by atoms with van der Waals surface area (Å²) in [5.41, 5.74) is -1.65. The second-order valence-corrected chi connectivity index (χ2v) is 6.48. The third-order valence-corrected chi connectivity index (χ3v) is 4.58. The second-order valence-electron chi connectivity index (χ2n) is 6.48. The Morgan fingerprint density at radius 2 is 1.96 bits per heavy atom. The van der Waals surface area contributed by atoms with Gasteiger partial charge in [0.25, 0.3) is 5.69 Å². The van der Waals surface area contributed by atoms with Crippen molar-refractivity contribution in [2.45, 2.75) is 19.1 Å². The fourth-order valence-corrected chi connectivity index (χ4v) is 3.15. The summed E-state index contributed by atoms with van der Waals surface area (Å²) in [6, 6.07) is 5.88. The monoisotopic (exact) mass is 399 g/mol. The van der Waals surface area contributed by atoms with Crippen LogP contribution in [0.1, 0.15) is 23.1 Å². The third-order valence-electron chi connectivity index (χ3n) is 4.58. The highest BCUT2D eigenvalue weighted by molar-refractivity contribution is 5.63. The number of halogens is 3. The van der Waals surface area contributed by atoms with Crippen LogP contribution >= 0.6 is 0 Å². The number of rotatable bonds is 6. The molecule has 0 unspecified atom stereocenters. The number of furan rings is 1. The number of benzene rings is 1.